The Morgan fingerprint density at radius 2 is 2.00 bits per heavy atom. The predicted molar refractivity (Wildman–Crippen MR) is 61.8 cm³/mol. The lowest BCUT2D eigenvalue weighted by molar-refractivity contribution is -0.384. The number of rotatable bonds is 4. The van der Waals surface area contributed by atoms with Crippen LogP contribution in [0.4, 0.5) is 19.3 Å². The maximum Gasteiger partial charge on any atom is 0.514 e. The van der Waals surface area contributed by atoms with Crippen molar-refractivity contribution in [3.63, 3.8) is 0 Å². The summed E-state index contributed by atoms with van der Waals surface area (Å²) in [6.45, 7) is 0. The van der Waals surface area contributed by atoms with Crippen molar-refractivity contribution in [1.29, 1.82) is 0 Å². The number of alkyl halides is 2. The van der Waals surface area contributed by atoms with Gasteiger partial charge in [-0.05, 0) is 12.1 Å². The van der Waals surface area contributed by atoms with Crippen molar-refractivity contribution < 1.29 is 28.0 Å². The summed E-state index contributed by atoms with van der Waals surface area (Å²) in [7, 11) is -1.56. The van der Waals surface area contributed by atoms with Crippen molar-refractivity contribution in [3.8, 4) is 5.75 Å². The highest BCUT2D eigenvalue weighted by molar-refractivity contribution is 7.66. The van der Waals surface area contributed by atoms with Crippen LogP contribution in [0.2, 0.25) is 0 Å². The predicted octanol–water partition coefficient (Wildman–Crippen LogP) is 3.16. The molecule has 1 fully saturated rings. The van der Waals surface area contributed by atoms with Crippen molar-refractivity contribution in [2.24, 2.45) is 0 Å². The van der Waals surface area contributed by atoms with Gasteiger partial charge in [0.25, 0.3) is 11.4 Å². The van der Waals surface area contributed by atoms with Crippen molar-refractivity contribution in [3.05, 3.63) is 34.4 Å². The average Bonchev–Trinajstić information content (AvgIpc) is 2.95. The molecule has 0 spiro atoms. The monoisotopic (exact) mass is 291 g/mol. The number of hydrogen-bond donors (Lipinski definition) is 0. The summed E-state index contributed by atoms with van der Waals surface area (Å²) in [5, 5.41) is 10.4. The van der Waals surface area contributed by atoms with Gasteiger partial charge < -0.3 is 9.47 Å². The smallest absolute Gasteiger partial charge is 0.429 e. The Bertz CT molecular complexity index is 507. The molecule has 0 aliphatic carbocycles. The number of benzene rings is 1. The topological polar surface area (TPSA) is 78.7 Å². The van der Waals surface area contributed by atoms with E-state index in [1.165, 1.54) is 12.1 Å². The molecule has 1 aliphatic rings. The normalized spacial score (nSPS) is 19.6. The number of non-ortho nitro benzene ring substituents is 1. The Labute approximate surface area is 107 Å². The SMILES string of the molecule is O=C(OCP1CC1(F)F)Oc1ccc([N+](=O)[O-])cc1. The molecule has 0 aromatic heterocycles. The fourth-order valence-electron chi connectivity index (χ4n) is 1.23. The Kier molecular flexibility index (Phi) is 3.61. The van der Waals surface area contributed by atoms with Gasteiger partial charge in [0.15, 0.2) is 0 Å². The first kappa shape index (κ1) is 13.6. The number of nitro groups is 1. The minimum Gasteiger partial charge on any atom is -0.429 e. The minimum atomic E-state index is -2.69. The zero-order valence-corrected chi connectivity index (χ0v) is 10.3. The van der Waals surface area contributed by atoms with Gasteiger partial charge in [-0.1, -0.05) is 0 Å². The molecule has 102 valence electrons. The van der Waals surface area contributed by atoms with Gasteiger partial charge >= 0.3 is 6.16 Å². The van der Waals surface area contributed by atoms with E-state index in [1.807, 2.05) is 0 Å². The van der Waals surface area contributed by atoms with Crippen LogP contribution >= 0.6 is 7.92 Å². The molecule has 1 heterocycles. The summed E-state index contributed by atoms with van der Waals surface area (Å²) in [5.74, 6) is 0.0472. The Morgan fingerprint density at radius 3 is 2.47 bits per heavy atom. The van der Waals surface area contributed by atoms with E-state index in [-0.39, 0.29) is 23.9 Å². The Morgan fingerprint density at radius 1 is 1.42 bits per heavy atom. The molecule has 1 unspecified atom stereocenters. The molecule has 19 heavy (non-hydrogen) atoms. The molecular formula is C10H8F2NO5P. The summed E-state index contributed by atoms with van der Waals surface area (Å²) in [5.41, 5.74) is -2.84. The van der Waals surface area contributed by atoms with Crippen LogP contribution in [0.25, 0.3) is 0 Å². The second-order valence-electron chi connectivity index (χ2n) is 3.74. The molecule has 6 nitrogen and oxygen atoms in total. The summed E-state index contributed by atoms with van der Waals surface area (Å²) in [4.78, 5) is 20.9. The van der Waals surface area contributed by atoms with Crippen LogP contribution in [0.15, 0.2) is 24.3 Å². The first-order valence-corrected chi connectivity index (χ1v) is 6.81. The average molecular weight is 291 g/mol. The lowest BCUT2D eigenvalue weighted by Gasteiger charge is -2.05. The summed E-state index contributed by atoms with van der Waals surface area (Å²) in [6, 6.07) is 4.75. The zero-order valence-electron chi connectivity index (χ0n) is 9.42. The van der Waals surface area contributed by atoms with Gasteiger partial charge in [0.05, 0.1) is 4.92 Å². The Hall–Kier alpha value is -1.82. The van der Waals surface area contributed by atoms with Gasteiger partial charge in [0, 0.05) is 26.2 Å². The van der Waals surface area contributed by atoms with E-state index in [4.69, 9.17) is 0 Å². The number of carbonyl (C=O) groups is 1. The molecule has 1 saturated heterocycles. The van der Waals surface area contributed by atoms with E-state index in [9.17, 15) is 23.7 Å². The number of halogens is 2. The van der Waals surface area contributed by atoms with Gasteiger partial charge in [-0.25, -0.2) is 13.6 Å². The van der Waals surface area contributed by atoms with E-state index in [1.54, 1.807) is 0 Å². The van der Waals surface area contributed by atoms with E-state index < -0.39 is 24.7 Å². The highest BCUT2D eigenvalue weighted by Gasteiger charge is 2.57. The standard InChI is InChI=1S/C10H8F2NO5P/c11-10(12)5-19(10)6-17-9(14)18-8-3-1-7(2-4-8)13(15)16/h1-4H,5-6H2. The van der Waals surface area contributed by atoms with Gasteiger partial charge in [-0.15, -0.1) is 0 Å². The van der Waals surface area contributed by atoms with Crippen LogP contribution in [0.5, 0.6) is 5.75 Å². The molecule has 1 aromatic carbocycles. The zero-order chi connectivity index (χ0) is 14.0. The Balaban J connectivity index is 1.80. The van der Waals surface area contributed by atoms with E-state index in [0.29, 0.717) is 0 Å². The second-order valence-corrected chi connectivity index (χ2v) is 6.05. The largest absolute Gasteiger partial charge is 0.514 e. The lowest BCUT2D eigenvalue weighted by Crippen LogP contribution is -2.10. The third kappa shape index (κ3) is 3.57. The van der Waals surface area contributed by atoms with Crippen molar-refractivity contribution in [2.75, 3.05) is 12.5 Å². The highest BCUT2D eigenvalue weighted by Crippen LogP contribution is 2.70. The fraction of sp³-hybridized carbons (Fsp3) is 0.300. The van der Waals surface area contributed by atoms with Gasteiger partial charge in [-0.2, -0.15) is 0 Å². The summed E-state index contributed by atoms with van der Waals surface area (Å²) in [6.07, 6.45) is -1.67. The van der Waals surface area contributed by atoms with Crippen molar-refractivity contribution in [1.82, 2.24) is 0 Å². The molecule has 0 N–H and O–H groups in total. The van der Waals surface area contributed by atoms with Crippen molar-refractivity contribution in [2.45, 2.75) is 5.66 Å². The minimum absolute atomic E-state index is 0.0472. The van der Waals surface area contributed by atoms with Crippen LogP contribution in [-0.4, -0.2) is 29.3 Å². The molecule has 1 atom stereocenters. The van der Waals surface area contributed by atoms with Crippen LogP contribution in [0.3, 0.4) is 0 Å². The summed E-state index contributed by atoms with van der Waals surface area (Å²) >= 11 is 0. The van der Waals surface area contributed by atoms with Gasteiger partial charge in [-0.3, -0.25) is 10.1 Å². The molecule has 1 aromatic rings. The molecule has 0 amide bonds. The molecule has 2 rings (SSSR count). The van der Waals surface area contributed by atoms with E-state index >= 15 is 0 Å². The highest BCUT2D eigenvalue weighted by atomic mass is 31.1. The number of hydrogen-bond acceptors (Lipinski definition) is 5. The van der Waals surface area contributed by atoms with Crippen LogP contribution < -0.4 is 4.74 Å². The molecule has 9 heteroatoms. The first-order valence-electron chi connectivity index (χ1n) is 5.10. The van der Waals surface area contributed by atoms with E-state index in [0.717, 1.165) is 12.1 Å². The van der Waals surface area contributed by atoms with Crippen LogP contribution in [0.1, 0.15) is 0 Å². The van der Waals surface area contributed by atoms with E-state index in [2.05, 4.69) is 9.47 Å². The molecule has 0 bridgehead atoms. The lowest BCUT2D eigenvalue weighted by atomic mass is 10.3. The maximum atomic E-state index is 12.5. The fourth-order valence-corrected chi connectivity index (χ4v) is 2.46. The van der Waals surface area contributed by atoms with Gasteiger partial charge in [0.1, 0.15) is 12.1 Å². The molecular weight excluding hydrogens is 283 g/mol. The molecule has 0 saturated carbocycles. The van der Waals surface area contributed by atoms with Crippen molar-refractivity contribution >= 4 is 19.8 Å². The maximum absolute atomic E-state index is 12.5. The number of ether oxygens (including phenoxy) is 2. The third-order valence-corrected chi connectivity index (χ3v) is 4.25. The number of carbonyl (C=O) groups excluding carboxylic acids is 1. The number of nitro benzene ring substituents is 1. The third-order valence-electron chi connectivity index (χ3n) is 2.33. The first-order chi connectivity index (χ1) is 8.88. The number of nitrogens with zero attached hydrogens (tertiary/aromatic N) is 1. The molecule has 0 radical (unpaired) electrons. The quantitative estimate of drug-likeness (QED) is 0.280. The molecule has 1 aliphatic heterocycles. The van der Waals surface area contributed by atoms with Gasteiger partial charge in [0.2, 0.25) is 0 Å². The summed E-state index contributed by atoms with van der Waals surface area (Å²) < 4.78 is 34.3. The second kappa shape index (κ2) is 5.05. The van der Waals surface area contributed by atoms with Crippen LogP contribution in [-0.2, 0) is 4.74 Å². The van der Waals surface area contributed by atoms with Crippen LogP contribution in [0, 0.1) is 10.1 Å².